The molecule has 3 rings (SSSR count). The number of benzene rings is 1. The second-order valence-corrected chi connectivity index (χ2v) is 4.95. The van der Waals surface area contributed by atoms with Crippen LogP contribution in [0.25, 0.3) is 11.5 Å². The number of nitrogens with zero attached hydrogens (tertiary/aromatic N) is 2. The highest BCUT2D eigenvalue weighted by Crippen LogP contribution is 2.38. The van der Waals surface area contributed by atoms with Gasteiger partial charge in [-0.2, -0.15) is 13.8 Å². The number of hydrogen-bond donors (Lipinski definition) is 1. The van der Waals surface area contributed by atoms with E-state index in [0.29, 0.717) is 5.82 Å². The highest BCUT2D eigenvalue weighted by Gasteiger charge is 2.39. The molecule has 0 atom stereocenters. The predicted octanol–water partition coefficient (Wildman–Crippen LogP) is 3.24. The molecule has 0 spiro atoms. The van der Waals surface area contributed by atoms with Gasteiger partial charge < -0.3 is 15.0 Å². The smallest absolute Gasteiger partial charge is 0.387 e. The van der Waals surface area contributed by atoms with E-state index in [1.165, 1.54) is 6.07 Å². The fourth-order valence-electron chi connectivity index (χ4n) is 2.18. The summed E-state index contributed by atoms with van der Waals surface area (Å²) in [6, 6.07) is 3.18. The minimum absolute atomic E-state index is 0. The summed E-state index contributed by atoms with van der Waals surface area (Å²) in [5.41, 5.74) is 5.52. The van der Waals surface area contributed by atoms with Gasteiger partial charge in [0.15, 0.2) is 5.82 Å². The quantitative estimate of drug-likeness (QED) is 0.928. The van der Waals surface area contributed by atoms with Crippen molar-refractivity contribution in [3.8, 4) is 17.2 Å². The summed E-state index contributed by atoms with van der Waals surface area (Å²) in [5, 5.41) is 3.78. The third-order valence-corrected chi connectivity index (χ3v) is 3.51. The third-order valence-electron chi connectivity index (χ3n) is 3.51. The summed E-state index contributed by atoms with van der Waals surface area (Å²) in [6.45, 7) is -3.08. The molecule has 0 amide bonds. The second-order valence-electron chi connectivity index (χ2n) is 4.95. The topological polar surface area (TPSA) is 74.2 Å². The Morgan fingerprint density at radius 1 is 1.32 bits per heavy atom. The van der Waals surface area contributed by atoms with E-state index >= 15 is 0 Å². The molecule has 1 heterocycles. The fourth-order valence-corrected chi connectivity index (χ4v) is 2.18. The van der Waals surface area contributed by atoms with Crippen LogP contribution in [0.4, 0.5) is 13.2 Å². The molecule has 0 unspecified atom stereocenters. The zero-order valence-electron chi connectivity index (χ0n) is 11.3. The molecule has 0 aliphatic heterocycles. The Labute approximate surface area is 130 Å². The number of halogens is 4. The van der Waals surface area contributed by atoms with Gasteiger partial charge in [0.2, 0.25) is 0 Å². The van der Waals surface area contributed by atoms with E-state index in [9.17, 15) is 13.2 Å². The van der Waals surface area contributed by atoms with Crippen molar-refractivity contribution in [2.75, 3.05) is 0 Å². The molecule has 0 radical (unpaired) electrons. The average molecular weight is 336 g/mol. The van der Waals surface area contributed by atoms with E-state index in [-0.39, 0.29) is 29.6 Å². The van der Waals surface area contributed by atoms with Gasteiger partial charge in [-0.05, 0) is 31.4 Å². The maximum atomic E-state index is 13.2. The van der Waals surface area contributed by atoms with Crippen molar-refractivity contribution in [2.45, 2.75) is 31.4 Å². The minimum Gasteiger partial charge on any atom is -0.434 e. The monoisotopic (exact) mass is 335 g/mol. The van der Waals surface area contributed by atoms with Crippen LogP contribution >= 0.6 is 12.4 Å². The van der Waals surface area contributed by atoms with Crippen molar-refractivity contribution in [1.29, 1.82) is 0 Å². The van der Waals surface area contributed by atoms with Crippen LogP contribution in [0, 0.1) is 5.82 Å². The Bertz CT molecular complexity index is 662. The summed E-state index contributed by atoms with van der Waals surface area (Å²) in [6.07, 6.45) is 2.43. The molecule has 1 aliphatic rings. The number of hydrogen-bond acceptors (Lipinski definition) is 5. The molecule has 0 bridgehead atoms. The summed E-state index contributed by atoms with van der Waals surface area (Å²) >= 11 is 0. The van der Waals surface area contributed by atoms with Crippen molar-refractivity contribution in [3.63, 3.8) is 0 Å². The SMILES string of the molecule is Cl.NC1(c2noc(-c3ccc(F)cc3OC(F)F)n2)CCC1. The first-order valence-corrected chi connectivity index (χ1v) is 6.36. The number of alkyl halides is 2. The molecule has 9 heteroatoms. The molecular weight excluding hydrogens is 323 g/mol. The molecule has 1 aliphatic carbocycles. The molecule has 22 heavy (non-hydrogen) atoms. The molecule has 1 aromatic carbocycles. The van der Waals surface area contributed by atoms with E-state index < -0.39 is 18.0 Å². The van der Waals surface area contributed by atoms with Crippen LogP contribution in [-0.2, 0) is 5.54 Å². The van der Waals surface area contributed by atoms with Crippen molar-refractivity contribution < 1.29 is 22.4 Å². The van der Waals surface area contributed by atoms with E-state index in [0.717, 1.165) is 31.4 Å². The average Bonchev–Trinajstić information content (AvgIpc) is 2.85. The molecule has 120 valence electrons. The molecule has 1 saturated carbocycles. The molecular formula is C13H13ClF3N3O2. The first-order chi connectivity index (χ1) is 9.98. The lowest BCUT2D eigenvalue weighted by molar-refractivity contribution is -0.0496. The van der Waals surface area contributed by atoms with Gasteiger partial charge in [0.1, 0.15) is 11.6 Å². The molecule has 5 nitrogen and oxygen atoms in total. The largest absolute Gasteiger partial charge is 0.434 e. The van der Waals surface area contributed by atoms with Gasteiger partial charge in [-0.3, -0.25) is 0 Å². The van der Waals surface area contributed by atoms with Crippen LogP contribution in [0.15, 0.2) is 22.7 Å². The summed E-state index contributed by atoms with van der Waals surface area (Å²) < 4.78 is 47.2. The van der Waals surface area contributed by atoms with Gasteiger partial charge in [0.05, 0.1) is 11.1 Å². The second kappa shape index (κ2) is 6.13. The highest BCUT2D eigenvalue weighted by atomic mass is 35.5. The van der Waals surface area contributed by atoms with Crippen LogP contribution in [0.5, 0.6) is 5.75 Å². The van der Waals surface area contributed by atoms with E-state index in [1.807, 2.05) is 0 Å². The van der Waals surface area contributed by atoms with Crippen LogP contribution in [0.3, 0.4) is 0 Å². The van der Waals surface area contributed by atoms with Crippen LogP contribution in [-0.4, -0.2) is 16.8 Å². The molecule has 2 N–H and O–H groups in total. The zero-order valence-corrected chi connectivity index (χ0v) is 12.1. The van der Waals surface area contributed by atoms with Crippen molar-refractivity contribution in [2.24, 2.45) is 5.73 Å². The Morgan fingerprint density at radius 3 is 2.64 bits per heavy atom. The minimum atomic E-state index is -3.08. The summed E-state index contributed by atoms with van der Waals surface area (Å²) in [4.78, 5) is 4.12. The standard InChI is InChI=1S/C13H12F3N3O2.ClH/c14-7-2-3-8(9(6-7)20-12(15)16)10-18-11(19-21-10)13(17)4-1-5-13;/h2-3,6,12H,1,4-5,17H2;1H. The van der Waals surface area contributed by atoms with Gasteiger partial charge in [-0.15, -0.1) is 12.4 Å². The van der Waals surface area contributed by atoms with E-state index in [2.05, 4.69) is 14.9 Å². The van der Waals surface area contributed by atoms with E-state index in [4.69, 9.17) is 10.3 Å². The molecule has 1 fully saturated rings. The third kappa shape index (κ3) is 3.02. The summed E-state index contributed by atoms with van der Waals surface area (Å²) in [7, 11) is 0. The van der Waals surface area contributed by atoms with Crippen molar-refractivity contribution in [3.05, 3.63) is 29.8 Å². The Morgan fingerprint density at radius 2 is 2.05 bits per heavy atom. The molecule has 1 aromatic heterocycles. The molecule has 2 aromatic rings. The lowest BCUT2D eigenvalue weighted by Crippen LogP contribution is -2.44. The fraction of sp³-hybridized carbons (Fsp3) is 0.385. The van der Waals surface area contributed by atoms with Crippen LogP contribution in [0.1, 0.15) is 25.1 Å². The van der Waals surface area contributed by atoms with Crippen LogP contribution < -0.4 is 10.5 Å². The first-order valence-electron chi connectivity index (χ1n) is 6.36. The first kappa shape index (κ1) is 16.6. The van der Waals surface area contributed by atoms with Crippen molar-refractivity contribution >= 4 is 12.4 Å². The Hall–Kier alpha value is -1.80. The Balaban J connectivity index is 0.00000176. The van der Waals surface area contributed by atoms with Gasteiger partial charge >= 0.3 is 6.61 Å². The van der Waals surface area contributed by atoms with Gasteiger partial charge in [0, 0.05) is 6.07 Å². The highest BCUT2D eigenvalue weighted by molar-refractivity contribution is 5.85. The lowest BCUT2D eigenvalue weighted by atomic mass is 9.77. The van der Waals surface area contributed by atoms with Crippen molar-refractivity contribution in [1.82, 2.24) is 10.1 Å². The van der Waals surface area contributed by atoms with Gasteiger partial charge in [-0.25, -0.2) is 4.39 Å². The van der Waals surface area contributed by atoms with Gasteiger partial charge in [0.25, 0.3) is 5.89 Å². The maximum Gasteiger partial charge on any atom is 0.387 e. The predicted molar refractivity (Wildman–Crippen MR) is 73.3 cm³/mol. The Kier molecular flexibility index (Phi) is 4.62. The number of rotatable bonds is 4. The maximum absolute atomic E-state index is 13.2. The molecule has 0 saturated heterocycles. The van der Waals surface area contributed by atoms with E-state index in [1.54, 1.807) is 0 Å². The number of aromatic nitrogens is 2. The normalized spacial score (nSPS) is 16.0. The lowest BCUT2D eigenvalue weighted by Gasteiger charge is -2.34. The summed E-state index contributed by atoms with van der Waals surface area (Å²) in [5.74, 6) is -0.781. The van der Waals surface area contributed by atoms with Gasteiger partial charge in [-0.1, -0.05) is 5.16 Å². The number of nitrogens with two attached hydrogens (primary N) is 1. The zero-order chi connectivity index (χ0) is 15.0. The van der Waals surface area contributed by atoms with Crippen LogP contribution in [0.2, 0.25) is 0 Å². The number of ether oxygens (including phenoxy) is 1.